The van der Waals surface area contributed by atoms with E-state index in [2.05, 4.69) is 5.32 Å². The maximum Gasteiger partial charge on any atom is 0.326 e. The van der Waals surface area contributed by atoms with Crippen molar-refractivity contribution in [1.82, 2.24) is 5.32 Å². The fraction of sp³-hybridized carbons (Fsp3) is 0.533. The highest BCUT2D eigenvalue weighted by atomic mass is 16.5. The van der Waals surface area contributed by atoms with Gasteiger partial charge in [-0.2, -0.15) is 0 Å². The second-order valence-corrected chi connectivity index (χ2v) is 5.23. The number of hydrogen-bond acceptors (Lipinski definition) is 4. The molecule has 2 rings (SSSR count). The van der Waals surface area contributed by atoms with E-state index in [1.54, 1.807) is 7.11 Å². The van der Waals surface area contributed by atoms with Crippen LogP contribution in [0.3, 0.4) is 0 Å². The number of rotatable bonds is 6. The van der Waals surface area contributed by atoms with E-state index in [1.807, 2.05) is 31.2 Å². The first kappa shape index (κ1) is 13.9. The summed E-state index contributed by atoms with van der Waals surface area (Å²) in [5.74, 6) is 0.570. The lowest BCUT2D eigenvalue weighted by molar-refractivity contribution is -0.148. The number of para-hydroxylation sites is 1. The van der Waals surface area contributed by atoms with Gasteiger partial charge in [-0.3, -0.25) is 10.1 Å². The van der Waals surface area contributed by atoms with Gasteiger partial charge in [-0.25, -0.2) is 0 Å². The topological polar surface area (TPSA) is 47.6 Å². The van der Waals surface area contributed by atoms with Crippen molar-refractivity contribution in [3.8, 4) is 5.75 Å². The van der Waals surface area contributed by atoms with Crippen molar-refractivity contribution in [1.29, 1.82) is 0 Å². The minimum atomic E-state index is -0.704. The molecule has 1 saturated carbocycles. The molecule has 1 aromatic carbocycles. The normalized spacial score (nSPS) is 17.6. The maximum atomic E-state index is 12.1. The Morgan fingerprint density at radius 3 is 2.63 bits per heavy atom. The first-order valence-corrected chi connectivity index (χ1v) is 6.57. The molecule has 4 heteroatoms. The summed E-state index contributed by atoms with van der Waals surface area (Å²) in [6.07, 6.45) is 2.80. The molecule has 4 nitrogen and oxygen atoms in total. The van der Waals surface area contributed by atoms with Crippen LogP contribution in [0.15, 0.2) is 24.3 Å². The number of nitrogens with one attached hydrogen (secondary N) is 1. The monoisotopic (exact) mass is 263 g/mol. The zero-order valence-electron chi connectivity index (χ0n) is 11.7. The van der Waals surface area contributed by atoms with Crippen molar-refractivity contribution in [2.45, 2.75) is 37.8 Å². The molecule has 1 aliphatic carbocycles. The van der Waals surface area contributed by atoms with Crippen LogP contribution < -0.4 is 10.1 Å². The number of methoxy groups -OCH3 is 2. The van der Waals surface area contributed by atoms with Gasteiger partial charge in [-0.15, -0.1) is 0 Å². The fourth-order valence-electron chi connectivity index (χ4n) is 2.32. The third-order valence-electron chi connectivity index (χ3n) is 3.47. The highest BCUT2D eigenvalue weighted by molar-refractivity contribution is 5.81. The Kier molecular flexibility index (Phi) is 4.10. The molecule has 0 spiro atoms. The smallest absolute Gasteiger partial charge is 0.326 e. The molecule has 0 aromatic heterocycles. The second kappa shape index (κ2) is 5.61. The lowest BCUT2D eigenvalue weighted by Crippen LogP contribution is -2.53. The van der Waals surface area contributed by atoms with Crippen molar-refractivity contribution in [3.05, 3.63) is 29.8 Å². The zero-order chi connectivity index (χ0) is 13.9. The Hall–Kier alpha value is -1.55. The van der Waals surface area contributed by atoms with Gasteiger partial charge in [0.1, 0.15) is 11.3 Å². The van der Waals surface area contributed by atoms with E-state index in [1.165, 1.54) is 7.11 Å². The highest BCUT2D eigenvalue weighted by Crippen LogP contribution is 2.28. The van der Waals surface area contributed by atoms with E-state index in [0.29, 0.717) is 12.5 Å². The molecule has 1 unspecified atom stereocenters. The molecule has 104 valence electrons. The van der Waals surface area contributed by atoms with Crippen LogP contribution in [0.4, 0.5) is 0 Å². The van der Waals surface area contributed by atoms with Gasteiger partial charge in [-0.1, -0.05) is 18.2 Å². The van der Waals surface area contributed by atoms with Crippen molar-refractivity contribution < 1.29 is 14.3 Å². The summed E-state index contributed by atoms with van der Waals surface area (Å²) in [5.41, 5.74) is 0.302. The number of hydrogen-bond donors (Lipinski definition) is 1. The Morgan fingerprint density at radius 2 is 2.05 bits per heavy atom. The predicted octanol–water partition coefficient (Wildman–Crippen LogP) is 1.92. The minimum absolute atomic E-state index is 0.231. The van der Waals surface area contributed by atoms with E-state index < -0.39 is 5.54 Å². The molecular formula is C15H21NO3. The highest BCUT2D eigenvalue weighted by Gasteiger charge is 2.39. The molecule has 0 heterocycles. The van der Waals surface area contributed by atoms with Crippen LogP contribution in [0.5, 0.6) is 5.75 Å². The molecular weight excluding hydrogens is 242 g/mol. The summed E-state index contributed by atoms with van der Waals surface area (Å²) in [6.45, 7) is 1.89. The number of ether oxygens (including phenoxy) is 2. The fourth-order valence-corrected chi connectivity index (χ4v) is 2.32. The van der Waals surface area contributed by atoms with Crippen LogP contribution in [0.2, 0.25) is 0 Å². The molecule has 1 aromatic rings. The van der Waals surface area contributed by atoms with Gasteiger partial charge in [0.15, 0.2) is 0 Å². The van der Waals surface area contributed by atoms with E-state index >= 15 is 0 Å². The van der Waals surface area contributed by atoms with E-state index in [0.717, 1.165) is 24.2 Å². The van der Waals surface area contributed by atoms with Gasteiger partial charge in [0.25, 0.3) is 0 Å². The molecule has 1 aliphatic rings. The van der Waals surface area contributed by atoms with Crippen molar-refractivity contribution in [2.75, 3.05) is 14.2 Å². The molecule has 1 fully saturated rings. The predicted molar refractivity (Wildman–Crippen MR) is 73.3 cm³/mol. The van der Waals surface area contributed by atoms with Crippen LogP contribution in [0, 0.1) is 0 Å². The lowest BCUT2D eigenvalue weighted by atomic mass is 9.92. The van der Waals surface area contributed by atoms with Crippen molar-refractivity contribution >= 4 is 5.97 Å². The van der Waals surface area contributed by atoms with Crippen LogP contribution in [-0.4, -0.2) is 31.8 Å². The summed E-state index contributed by atoms with van der Waals surface area (Å²) in [4.78, 5) is 12.1. The average Bonchev–Trinajstić information content (AvgIpc) is 3.22. The average molecular weight is 263 g/mol. The van der Waals surface area contributed by atoms with Gasteiger partial charge >= 0.3 is 5.97 Å². The molecule has 0 radical (unpaired) electrons. The standard InChI is InChI=1S/C15H21NO3/c1-15(14(17)19-3,16-12-8-9-12)10-11-6-4-5-7-13(11)18-2/h4-7,12,16H,8-10H2,1-3H3. The van der Waals surface area contributed by atoms with Gasteiger partial charge < -0.3 is 9.47 Å². The Labute approximate surface area is 114 Å². The Morgan fingerprint density at radius 1 is 1.37 bits per heavy atom. The third kappa shape index (κ3) is 3.26. The summed E-state index contributed by atoms with van der Waals surface area (Å²) in [6, 6.07) is 8.19. The maximum absolute atomic E-state index is 12.1. The van der Waals surface area contributed by atoms with Gasteiger partial charge in [-0.05, 0) is 31.4 Å². The second-order valence-electron chi connectivity index (χ2n) is 5.23. The minimum Gasteiger partial charge on any atom is -0.496 e. The zero-order valence-corrected chi connectivity index (χ0v) is 11.7. The van der Waals surface area contributed by atoms with Crippen LogP contribution in [0.1, 0.15) is 25.3 Å². The van der Waals surface area contributed by atoms with Crippen LogP contribution in [-0.2, 0) is 16.0 Å². The van der Waals surface area contributed by atoms with E-state index in [-0.39, 0.29) is 5.97 Å². The van der Waals surface area contributed by atoms with Gasteiger partial charge in [0.05, 0.1) is 14.2 Å². The number of benzene rings is 1. The Bertz CT molecular complexity index is 456. The molecule has 0 amide bonds. The van der Waals surface area contributed by atoms with Crippen LogP contribution >= 0.6 is 0 Å². The van der Waals surface area contributed by atoms with Gasteiger partial charge in [0, 0.05) is 12.5 Å². The summed E-state index contributed by atoms with van der Waals surface area (Å²) in [5, 5.41) is 3.39. The summed E-state index contributed by atoms with van der Waals surface area (Å²) < 4.78 is 10.3. The number of esters is 1. The molecule has 1 N–H and O–H groups in total. The summed E-state index contributed by atoms with van der Waals surface area (Å²) >= 11 is 0. The first-order chi connectivity index (χ1) is 9.09. The summed E-state index contributed by atoms with van der Waals surface area (Å²) in [7, 11) is 3.07. The van der Waals surface area contributed by atoms with Gasteiger partial charge in [0.2, 0.25) is 0 Å². The van der Waals surface area contributed by atoms with E-state index in [4.69, 9.17) is 9.47 Å². The van der Waals surface area contributed by atoms with Crippen molar-refractivity contribution in [2.24, 2.45) is 0 Å². The molecule has 1 atom stereocenters. The molecule has 0 saturated heterocycles. The SMILES string of the molecule is COC(=O)C(C)(Cc1ccccc1OC)NC1CC1. The molecule has 0 bridgehead atoms. The lowest BCUT2D eigenvalue weighted by Gasteiger charge is -2.28. The number of carbonyl (C=O) groups excluding carboxylic acids is 1. The molecule has 0 aliphatic heterocycles. The van der Waals surface area contributed by atoms with Crippen LogP contribution in [0.25, 0.3) is 0 Å². The largest absolute Gasteiger partial charge is 0.496 e. The Balaban J connectivity index is 2.21. The van der Waals surface area contributed by atoms with Crippen molar-refractivity contribution in [3.63, 3.8) is 0 Å². The number of carbonyl (C=O) groups is 1. The third-order valence-corrected chi connectivity index (χ3v) is 3.47. The molecule has 19 heavy (non-hydrogen) atoms. The quantitative estimate of drug-likeness (QED) is 0.797. The van der Waals surface area contributed by atoms with E-state index in [9.17, 15) is 4.79 Å². The first-order valence-electron chi connectivity index (χ1n) is 6.57.